The largest absolute Gasteiger partial charge is 0.476 e. The Morgan fingerprint density at radius 3 is 2.94 bits per heavy atom. The fraction of sp³-hybridized carbons (Fsp3) is 0.417. The lowest BCUT2D eigenvalue weighted by Gasteiger charge is -2.10. The van der Waals surface area contributed by atoms with Crippen molar-refractivity contribution in [2.24, 2.45) is 5.92 Å². The molecule has 1 aliphatic rings. The molecule has 96 valence electrons. The molecule has 0 bridgehead atoms. The van der Waals surface area contributed by atoms with Gasteiger partial charge in [-0.1, -0.05) is 0 Å². The van der Waals surface area contributed by atoms with E-state index in [1.54, 1.807) is 6.07 Å². The number of rotatable bonds is 3. The minimum Gasteiger partial charge on any atom is -0.476 e. The SMILES string of the molecule is CC1CC(C(=O)Nc2cccnc2C(=O)O)CO1. The van der Waals surface area contributed by atoms with Gasteiger partial charge in [-0.3, -0.25) is 4.79 Å². The topological polar surface area (TPSA) is 88.5 Å². The van der Waals surface area contributed by atoms with Crippen LogP contribution < -0.4 is 5.32 Å². The summed E-state index contributed by atoms with van der Waals surface area (Å²) in [6, 6.07) is 3.10. The van der Waals surface area contributed by atoms with E-state index >= 15 is 0 Å². The summed E-state index contributed by atoms with van der Waals surface area (Å²) in [5.41, 5.74) is 0.0624. The molecule has 2 heterocycles. The number of nitrogens with zero attached hydrogens (tertiary/aromatic N) is 1. The average Bonchev–Trinajstić information content (AvgIpc) is 2.76. The van der Waals surface area contributed by atoms with Gasteiger partial charge in [-0.05, 0) is 25.5 Å². The molecular weight excluding hydrogens is 236 g/mol. The maximum Gasteiger partial charge on any atom is 0.356 e. The number of carbonyl (C=O) groups is 2. The van der Waals surface area contributed by atoms with E-state index in [1.807, 2.05) is 6.92 Å². The van der Waals surface area contributed by atoms with Crippen LogP contribution in [0.25, 0.3) is 0 Å². The van der Waals surface area contributed by atoms with E-state index in [-0.39, 0.29) is 29.3 Å². The second-order valence-corrected chi connectivity index (χ2v) is 4.27. The molecule has 0 aromatic carbocycles. The summed E-state index contributed by atoms with van der Waals surface area (Å²) in [4.78, 5) is 26.6. The monoisotopic (exact) mass is 250 g/mol. The number of carbonyl (C=O) groups excluding carboxylic acids is 1. The number of nitrogens with one attached hydrogen (secondary N) is 1. The fourth-order valence-corrected chi connectivity index (χ4v) is 1.91. The van der Waals surface area contributed by atoms with Gasteiger partial charge in [-0.25, -0.2) is 9.78 Å². The van der Waals surface area contributed by atoms with E-state index < -0.39 is 5.97 Å². The molecule has 1 aliphatic heterocycles. The van der Waals surface area contributed by atoms with Gasteiger partial charge < -0.3 is 15.2 Å². The Labute approximate surface area is 104 Å². The third-order valence-electron chi connectivity index (χ3n) is 2.84. The minimum absolute atomic E-state index is 0.0635. The summed E-state index contributed by atoms with van der Waals surface area (Å²) in [5.74, 6) is -1.63. The van der Waals surface area contributed by atoms with E-state index in [0.717, 1.165) is 0 Å². The molecule has 6 heteroatoms. The van der Waals surface area contributed by atoms with E-state index in [9.17, 15) is 9.59 Å². The molecular formula is C12H14N2O4. The third kappa shape index (κ3) is 2.65. The Bertz CT molecular complexity index is 475. The maximum atomic E-state index is 11.9. The van der Waals surface area contributed by atoms with Crippen LogP contribution in [0.4, 0.5) is 5.69 Å². The normalized spacial score (nSPS) is 22.7. The van der Waals surface area contributed by atoms with Crippen molar-refractivity contribution in [3.05, 3.63) is 24.0 Å². The fourth-order valence-electron chi connectivity index (χ4n) is 1.91. The van der Waals surface area contributed by atoms with E-state index in [4.69, 9.17) is 9.84 Å². The van der Waals surface area contributed by atoms with E-state index in [1.165, 1.54) is 12.3 Å². The quantitative estimate of drug-likeness (QED) is 0.839. The van der Waals surface area contributed by atoms with Gasteiger partial charge in [0.05, 0.1) is 24.3 Å². The van der Waals surface area contributed by atoms with Gasteiger partial charge in [0.15, 0.2) is 5.69 Å². The zero-order valence-electron chi connectivity index (χ0n) is 9.92. The summed E-state index contributed by atoms with van der Waals surface area (Å²) in [7, 11) is 0. The number of anilines is 1. The molecule has 1 fully saturated rings. The lowest BCUT2D eigenvalue weighted by Crippen LogP contribution is -2.24. The molecule has 0 spiro atoms. The maximum absolute atomic E-state index is 11.9. The summed E-state index contributed by atoms with van der Waals surface area (Å²) < 4.78 is 5.31. The summed E-state index contributed by atoms with van der Waals surface area (Å²) >= 11 is 0. The van der Waals surface area contributed by atoms with E-state index in [2.05, 4.69) is 10.3 Å². The Kier molecular flexibility index (Phi) is 3.57. The van der Waals surface area contributed by atoms with Gasteiger partial charge >= 0.3 is 5.97 Å². The van der Waals surface area contributed by atoms with Crippen LogP contribution in [0.15, 0.2) is 18.3 Å². The van der Waals surface area contributed by atoms with Crippen molar-refractivity contribution in [3.8, 4) is 0 Å². The van der Waals surface area contributed by atoms with Crippen molar-refractivity contribution in [1.29, 1.82) is 0 Å². The van der Waals surface area contributed by atoms with Gasteiger partial charge in [-0.2, -0.15) is 0 Å². The van der Waals surface area contributed by atoms with Crippen LogP contribution in [0.5, 0.6) is 0 Å². The molecule has 1 aromatic rings. The number of hydrogen-bond donors (Lipinski definition) is 2. The molecule has 18 heavy (non-hydrogen) atoms. The second kappa shape index (κ2) is 5.14. The predicted molar refractivity (Wildman–Crippen MR) is 63.3 cm³/mol. The molecule has 1 aromatic heterocycles. The smallest absolute Gasteiger partial charge is 0.356 e. The average molecular weight is 250 g/mol. The van der Waals surface area contributed by atoms with Crippen LogP contribution in [-0.4, -0.2) is 34.7 Å². The first kappa shape index (κ1) is 12.5. The van der Waals surface area contributed by atoms with Gasteiger partial charge in [0.2, 0.25) is 5.91 Å². The van der Waals surface area contributed by atoms with Gasteiger partial charge in [0.1, 0.15) is 0 Å². The molecule has 2 unspecified atom stereocenters. The number of ether oxygens (including phenoxy) is 1. The standard InChI is InChI=1S/C12H14N2O4/c1-7-5-8(6-18-7)11(15)14-9-3-2-4-13-10(9)12(16)17/h2-4,7-8H,5-6H2,1H3,(H,14,15)(H,16,17). The highest BCUT2D eigenvalue weighted by Crippen LogP contribution is 2.21. The van der Waals surface area contributed by atoms with Crippen LogP contribution in [0.2, 0.25) is 0 Å². The van der Waals surface area contributed by atoms with Crippen molar-refractivity contribution in [1.82, 2.24) is 4.98 Å². The van der Waals surface area contributed by atoms with Crippen LogP contribution in [0, 0.1) is 5.92 Å². The van der Waals surface area contributed by atoms with Gasteiger partial charge in [0, 0.05) is 6.20 Å². The van der Waals surface area contributed by atoms with Crippen LogP contribution in [0.1, 0.15) is 23.8 Å². The van der Waals surface area contributed by atoms with Crippen molar-refractivity contribution in [2.75, 3.05) is 11.9 Å². The Morgan fingerprint density at radius 1 is 1.56 bits per heavy atom. The molecule has 2 rings (SSSR count). The number of pyridine rings is 1. The molecule has 1 amide bonds. The third-order valence-corrected chi connectivity index (χ3v) is 2.84. The summed E-state index contributed by atoms with van der Waals surface area (Å²) in [6.07, 6.45) is 2.09. The number of aromatic carboxylic acids is 1. The highest BCUT2D eigenvalue weighted by atomic mass is 16.5. The van der Waals surface area contributed by atoms with Crippen molar-refractivity contribution < 1.29 is 19.4 Å². The van der Waals surface area contributed by atoms with Gasteiger partial charge in [-0.15, -0.1) is 0 Å². The lowest BCUT2D eigenvalue weighted by molar-refractivity contribution is -0.119. The zero-order chi connectivity index (χ0) is 13.1. The first-order valence-corrected chi connectivity index (χ1v) is 5.68. The molecule has 2 N–H and O–H groups in total. The highest BCUT2D eigenvalue weighted by molar-refractivity contribution is 5.99. The van der Waals surface area contributed by atoms with Gasteiger partial charge in [0.25, 0.3) is 0 Å². The summed E-state index contributed by atoms with van der Waals surface area (Å²) in [5, 5.41) is 11.5. The van der Waals surface area contributed by atoms with Crippen molar-refractivity contribution in [2.45, 2.75) is 19.4 Å². The Balaban J connectivity index is 2.09. The number of aromatic nitrogens is 1. The molecule has 1 saturated heterocycles. The van der Waals surface area contributed by atoms with Crippen LogP contribution in [-0.2, 0) is 9.53 Å². The molecule has 6 nitrogen and oxygen atoms in total. The Morgan fingerprint density at radius 2 is 2.33 bits per heavy atom. The molecule has 2 atom stereocenters. The van der Waals surface area contributed by atoms with E-state index in [0.29, 0.717) is 13.0 Å². The Hall–Kier alpha value is -1.95. The number of amides is 1. The number of carboxylic acid groups (broad SMARTS) is 1. The van der Waals surface area contributed by atoms with Crippen molar-refractivity contribution >= 4 is 17.6 Å². The predicted octanol–water partition coefficient (Wildman–Crippen LogP) is 1.14. The van der Waals surface area contributed by atoms with Crippen LogP contribution in [0.3, 0.4) is 0 Å². The molecule has 0 aliphatic carbocycles. The lowest BCUT2D eigenvalue weighted by atomic mass is 10.1. The first-order chi connectivity index (χ1) is 8.58. The number of hydrogen-bond acceptors (Lipinski definition) is 4. The second-order valence-electron chi connectivity index (χ2n) is 4.27. The van der Waals surface area contributed by atoms with Crippen molar-refractivity contribution in [3.63, 3.8) is 0 Å². The minimum atomic E-state index is -1.16. The number of carboxylic acids is 1. The highest BCUT2D eigenvalue weighted by Gasteiger charge is 2.29. The van der Waals surface area contributed by atoms with Crippen LogP contribution >= 0.6 is 0 Å². The summed E-state index contributed by atoms with van der Waals surface area (Å²) in [6.45, 7) is 2.27. The molecule has 0 radical (unpaired) electrons. The zero-order valence-corrected chi connectivity index (χ0v) is 9.92. The molecule has 0 saturated carbocycles. The first-order valence-electron chi connectivity index (χ1n) is 5.68.